The van der Waals surface area contributed by atoms with Crippen LogP contribution in [-0.4, -0.2) is 46.8 Å². The van der Waals surface area contributed by atoms with Crippen LogP contribution in [0, 0.1) is 18.8 Å². The molecule has 2 saturated heterocycles. The molecule has 1 aromatic heterocycles. The number of allylic oxidation sites excluding steroid dienone is 1. The van der Waals surface area contributed by atoms with Crippen molar-refractivity contribution in [2.45, 2.75) is 38.7 Å². The predicted molar refractivity (Wildman–Crippen MR) is 78.0 cm³/mol. The fourth-order valence-electron chi connectivity index (χ4n) is 3.89. The van der Waals surface area contributed by atoms with Crippen LogP contribution in [0.25, 0.3) is 0 Å². The molecule has 4 rings (SSSR count). The van der Waals surface area contributed by atoms with Gasteiger partial charge in [-0.2, -0.15) is 0 Å². The summed E-state index contributed by atoms with van der Waals surface area (Å²) in [5.41, 5.74) is 0.990. The summed E-state index contributed by atoms with van der Waals surface area (Å²) in [4.78, 5) is 14.5. The molecular weight excluding hydrogens is 282 g/mol. The van der Waals surface area contributed by atoms with Gasteiger partial charge in [0.15, 0.2) is 0 Å². The van der Waals surface area contributed by atoms with E-state index in [1.807, 2.05) is 4.90 Å². The Morgan fingerprint density at radius 3 is 3.05 bits per heavy atom. The fourth-order valence-corrected chi connectivity index (χ4v) is 3.89. The van der Waals surface area contributed by atoms with Gasteiger partial charge in [-0.25, -0.2) is 0 Å². The van der Waals surface area contributed by atoms with Crippen LogP contribution >= 0.6 is 0 Å². The zero-order valence-corrected chi connectivity index (χ0v) is 12.8. The van der Waals surface area contributed by atoms with E-state index in [0.717, 1.165) is 51.0 Å². The number of carbonyl (C=O) groups excluding carboxylic acids is 1. The second kappa shape index (κ2) is 5.50. The van der Waals surface area contributed by atoms with E-state index in [1.54, 1.807) is 6.92 Å². The van der Waals surface area contributed by atoms with E-state index in [-0.39, 0.29) is 12.0 Å². The van der Waals surface area contributed by atoms with Gasteiger partial charge < -0.3 is 14.1 Å². The Labute approximate surface area is 129 Å². The summed E-state index contributed by atoms with van der Waals surface area (Å²) in [7, 11) is 0. The lowest BCUT2D eigenvalue weighted by Crippen LogP contribution is -2.32. The van der Waals surface area contributed by atoms with E-state index < -0.39 is 0 Å². The molecule has 22 heavy (non-hydrogen) atoms. The first-order valence-corrected chi connectivity index (χ1v) is 8.09. The molecule has 1 amide bonds. The Morgan fingerprint density at radius 1 is 1.41 bits per heavy atom. The van der Waals surface area contributed by atoms with Gasteiger partial charge in [0, 0.05) is 37.9 Å². The predicted octanol–water partition coefficient (Wildman–Crippen LogP) is 1.50. The summed E-state index contributed by atoms with van der Waals surface area (Å²) in [6.45, 7) is 4.04. The van der Waals surface area contributed by atoms with Gasteiger partial charge in [0.2, 0.25) is 17.7 Å². The summed E-state index contributed by atoms with van der Waals surface area (Å²) in [6, 6.07) is 0. The average molecular weight is 303 g/mol. The van der Waals surface area contributed by atoms with E-state index in [9.17, 15) is 4.79 Å². The maximum absolute atomic E-state index is 12.5. The molecule has 0 saturated carbocycles. The number of likely N-dealkylation sites (tertiary alicyclic amines) is 1. The van der Waals surface area contributed by atoms with E-state index in [4.69, 9.17) is 9.15 Å². The van der Waals surface area contributed by atoms with Crippen molar-refractivity contribution in [1.82, 2.24) is 15.1 Å². The number of aryl methyl sites for hydroxylation is 1. The molecule has 0 radical (unpaired) electrons. The van der Waals surface area contributed by atoms with Gasteiger partial charge in [0.1, 0.15) is 0 Å². The Kier molecular flexibility index (Phi) is 3.48. The summed E-state index contributed by atoms with van der Waals surface area (Å²) in [5, 5.41) is 7.96. The number of aromatic nitrogens is 2. The minimum atomic E-state index is 0.167. The van der Waals surface area contributed by atoms with Crippen LogP contribution in [0.3, 0.4) is 0 Å². The lowest BCUT2D eigenvalue weighted by molar-refractivity contribution is -0.127. The molecule has 0 N–H and O–H groups in total. The van der Waals surface area contributed by atoms with E-state index in [0.29, 0.717) is 23.6 Å². The highest BCUT2D eigenvalue weighted by Crippen LogP contribution is 2.36. The van der Waals surface area contributed by atoms with Crippen molar-refractivity contribution in [2.75, 3.05) is 19.7 Å². The number of amides is 1. The number of hydrogen-bond donors (Lipinski definition) is 0. The first-order valence-electron chi connectivity index (χ1n) is 8.09. The van der Waals surface area contributed by atoms with Crippen molar-refractivity contribution in [3.8, 4) is 0 Å². The molecule has 2 aliphatic heterocycles. The summed E-state index contributed by atoms with van der Waals surface area (Å²) < 4.78 is 11.4. The van der Waals surface area contributed by atoms with Crippen molar-refractivity contribution in [2.24, 2.45) is 11.8 Å². The van der Waals surface area contributed by atoms with Crippen LogP contribution < -0.4 is 0 Å². The van der Waals surface area contributed by atoms with Gasteiger partial charge in [-0.05, 0) is 25.2 Å². The topological polar surface area (TPSA) is 68.5 Å². The van der Waals surface area contributed by atoms with Gasteiger partial charge in [0.05, 0.1) is 12.7 Å². The normalized spacial score (nSPS) is 30.7. The number of nitrogens with zero attached hydrogens (tertiary/aromatic N) is 3. The first kappa shape index (κ1) is 13.9. The Balaban J connectivity index is 1.41. The standard InChI is InChI=1S/C16H21N3O3/c1-10-17-18-15(22-10)6-12-9-21-14-8-19(7-13(12)14)16(20)11-4-2-3-5-11/h4,12-14H,2-3,5-9H2,1H3/t12-,13-,14-/m1/s1. The van der Waals surface area contributed by atoms with Gasteiger partial charge in [-0.15, -0.1) is 10.2 Å². The highest BCUT2D eigenvalue weighted by molar-refractivity contribution is 5.94. The molecule has 0 unspecified atom stereocenters. The number of rotatable bonds is 3. The number of fused-ring (bicyclic) bond motifs is 1. The van der Waals surface area contributed by atoms with Crippen LogP contribution in [0.15, 0.2) is 16.1 Å². The quantitative estimate of drug-likeness (QED) is 0.846. The molecule has 2 fully saturated rings. The van der Waals surface area contributed by atoms with Crippen molar-refractivity contribution < 1.29 is 13.9 Å². The van der Waals surface area contributed by atoms with Crippen LogP contribution in [0.1, 0.15) is 31.0 Å². The van der Waals surface area contributed by atoms with Crippen molar-refractivity contribution in [1.29, 1.82) is 0 Å². The third-order valence-corrected chi connectivity index (χ3v) is 5.05. The third-order valence-electron chi connectivity index (χ3n) is 5.05. The SMILES string of the molecule is Cc1nnc(C[C@@H]2CO[C@@H]3CN(C(=O)C4=CCCC4)C[C@H]23)o1. The molecule has 3 aliphatic rings. The number of carbonyl (C=O) groups is 1. The first-order chi connectivity index (χ1) is 10.7. The maximum Gasteiger partial charge on any atom is 0.249 e. The summed E-state index contributed by atoms with van der Waals surface area (Å²) in [5.74, 6) is 2.23. The molecule has 0 bridgehead atoms. The van der Waals surface area contributed by atoms with Gasteiger partial charge >= 0.3 is 0 Å². The maximum atomic E-state index is 12.5. The minimum absolute atomic E-state index is 0.167. The second-order valence-corrected chi connectivity index (χ2v) is 6.55. The van der Waals surface area contributed by atoms with Crippen LogP contribution in [0.5, 0.6) is 0 Å². The molecule has 118 valence electrons. The molecule has 3 atom stereocenters. The zero-order chi connectivity index (χ0) is 15.1. The molecule has 3 heterocycles. The van der Waals surface area contributed by atoms with E-state index >= 15 is 0 Å². The van der Waals surface area contributed by atoms with Gasteiger partial charge in [-0.1, -0.05) is 6.08 Å². The zero-order valence-electron chi connectivity index (χ0n) is 12.8. The Hall–Kier alpha value is -1.69. The van der Waals surface area contributed by atoms with Gasteiger partial charge in [0.25, 0.3) is 0 Å². The summed E-state index contributed by atoms with van der Waals surface area (Å²) in [6.07, 6.45) is 6.08. The molecule has 1 aromatic rings. The van der Waals surface area contributed by atoms with E-state index in [1.165, 1.54) is 0 Å². The molecule has 1 aliphatic carbocycles. The van der Waals surface area contributed by atoms with Crippen LogP contribution in [0.2, 0.25) is 0 Å². The molecular formula is C16H21N3O3. The Morgan fingerprint density at radius 2 is 2.32 bits per heavy atom. The highest BCUT2D eigenvalue weighted by Gasteiger charge is 2.45. The fraction of sp³-hybridized carbons (Fsp3) is 0.688. The number of ether oxygens (including phenoxy) is 1. The van der Waals surface area contributed by atoms with Crippen LogP contribution in [-0.2, 0) is 16.0 Å². The lowest BCUT2D eigenvalue weighted by Gasteiger charge is -2.19. The van der Waals surface area contributed by atoms with Crippen LogP contribution in [0.4, 0.5) is 0 Å². The largest absolute Gasteiger partial charge is 0.426 e. The lowest BCUT2D eigenvalue weighted by atomic mass is 9.90. The smallest absolute Gasteiger partial charge is 0.249 e. The molecule has 6 nitrogen and oxygen atoms in total. The highest BCUT2D eigenvalue weighted by atomic mass is 16.5. The summed E-state index contributed by atoms with van der Waals surface area (Å²) >= 11 is 0. The molecule has 6 heteroatoms. The monoisotopic (exact) mass is 303 g/mol. The third kappa shape index (κ3) is 2.45. The molecule has 0 spiro atoms. The Bertz CT molecular complexity index is 610. The van der Waals surface area contributed by atoms with Gasteiger partial charge in [-0.3, -0.25) is 4.79 Å². The van der Waals surface area contributed by atoms with Crippen molar-refractivity contribution >= 4 is 5.91 Å². The minimum Gasteiger partial charge on any atom is -0.426 e. The average Bonchev–Trinajstić information content (AvgIpc) is 3.24. The number of hydrogen-bond acceptors (Lipinski definition) is 5. The second-order valence-electron chi connectivity index (χ2n) is 6.55. The van der Waals surface area contributed by atoms with Crippen molar-refractivity contribution in [3.63, 3.8) is 0 Å². The van der Waals surface area contributed by atoms with Crippen molar-refractivity contribution in [3.05, 3.63) is 23.4 Å². The molecule has 0 aromatic carbocycles. The van der Waals surface area contributed by atoms with E-state index in [2.05, 4.69) is 16.3 Å².